The Morgan fingerprint density at radius 1 is 1.15 bits per heavy atom. The number of nitrogens with zero attached hydrogens (tertiary/aromatic N) is 3. The van der Waals surface area contributed by atoms with Crippen molar-refractivity contribution in [1.29, 1.82) is 0 Å². The number of β-amino-alcohol motifs (C(OH)–C–C–N with tert-alkyl or cyclic N) is 1. The minimum Gasteiger partial charge on any atom is -0.390 e. The third kappa shape index (κ3) is 6.11. The van der Waals surface area contributed by atoms with Gasteiger partial charge in [0.2, 0.25) is 0 Å². The second kappa shape index (κ2) is 9.75. The lowest BCUT2D eigenvalue weighted by Gasteiger charge is -2.29. The molecule has 0 amide bonds. The van der Waals surface area contributed by atoms with Crippen molar-refractivity contribution in [2.24, 2.45) is 10.7 Å². The summed E-state index contributed by atoms with van der Waals surface area (Å²) in [5.41, 5.74) is 5.96. The Morgan fingerprint density at radius 3 is 2.45 bits per heavy atom. The molecule has 118 valence electrons. The minimum absolute atomic E-state index is 0. The highest BCUT2D eigenvalue weighted by molar-refractivity contribution is 14.0. The second-order valence-electron chi connectivity index (χ2n) is 5.31. The Labute approximate surface area is 138 Å². The van der Waals surface area contributed by atoms with E-state index in [2.05, 4.69) is 14.8 Å². The lowest BCUT2D eigenvalue weighted by atomic mass is 10.1. The maximum Gasteiger partial charge on any atom is 0.191 e. The summed E-state index contributed by atoms with van der Waals surface area (Å²) in [5.74, 6) is 0.584. The summed E-state index contributed by atoms with van der Waals surface area (Å²) in [6, 6.07) is 0. The zero-order valence-corrected chi connectivity index (χ0v) is 14.4. The van der Waals surface area contributed by atoms with E-state index in [0.717, 1.165) is 39.4 Å². The quantitative estimate of drug-likeness (QED) is 0.399. The van der Waals surface area contributed by atoms with Crippen LogP contribution in [-0.4, -0.2) is 79.5 Å². The molecule has 2 saturated heterocycles. The van der Waals surface area contributed by atoms with Crippen molar-refractivity contribution in [2.45, 2.75) is 25.4 Å². The lowest BCUT2D eigenvalue weighted by molar-refractivity contribution is 0.0164. The van der Waals surface area contributed by atoms with Gasteiger partial charge in [-0.1, -0.05) is 0 Å². The third-order valence-electron chi connectivity index (χ3n) is 3.72. The van der Waals surface area contributed by atoms with Gasteiger partial charge in [-0.15, -0.1) is 24.0 Å². The largest absolute Gasteiger partial charge is 0.390 e. The van der Waals surface area contributed by atoms with Crippen LogP contribution >= 0.6 is 24.0 Å². The maximum atomic E-state index is 9.99. The van der Waals surface area contributed by atoms with Crippen molar-refractivity contribution < 1.29 is 9.84 Å². The summed E-state index contributed by atoms with van der Waals surface area (Å²) in [7, 11) is 0. The first-order chi connectivity index (χ1) is 9.25. The molecule has 0 aromatic carbocycles. The number of piperidine rings is 1. The van der Waals surface area contributed by atoms with Crippen LogP contribution in [0, 0.1) is 0 Å². The van der Waals surface area contributed by atoms with Crippen molar-refractivity contribution in [3.05, 3.63) is 0 Å². The Kier molecular flexibility index (Phi) is 8.74. The van der Waals surface area contributed by atoms with Crippen molar-refractivity contribution in [3.8, 4) is 0 Å². The fraction of sp³-hybridized carbons (Fsp3) is 0.923. The van der Waals surface area contributed by atoms with Crippen LogP contribution in [0.5, 0.6) is 0 Å². The Bertz CT molecular complexity index is 292. The number of nitrogens with two attached hydrogens (primary N) is 1. The molecule has 0 radical (unpaired) electrons. The molecule has 1 atom stereocenters. The monoisotopic (exact) mass is 398 g/mol. The summed E-state index contributed by atoms with van der Waals surface area (Å²) in [6.07, 6.45) is 3.21. The van der Waals surface area contributed by atoms with Gasteiger partial charge in [0.1, 0.15) is 0 Å². The highest BCUT2D eigenvalue weighted by Crippen LogP contribution is 2.08. The van der Waals surface area contributed by atoms with Crippen LogP contribution in [0.4, 0.5) is 0 Å². The first kappa shape index (κ1) is 17.9. The molecule has 1 unspecified atom stereocenters. The molecular weight excluding hydrogens is 371 g/mol. The van der Waals surface area contributed by atoms with E-state index in [9.17, 15) is 5.11 Å². The molecule has 3 N–H and O–H groups in total. The van der Waals surface area contributed by atoms with E-state index in [0.29, 0.717) is 19.0 Å². The normalized spacial score (nSPS) is 23.2. The first-order valence-electron chi connectivity index (χ1n) is 7.29. The topological polar surface area (TPSA) is 74.3 Å². The van der Waals surface area contributed by atoms with Crippen LogP contribution in [0.1, 0.15) is 19.3 Å². The van der Waals surface area contributed by atoms with E-state index in [-0.39, 0.29) is 24.0 Å². The molecule has 2 fully saturated rings. The van der Waals surface area contributed by atoms with E-state index >= 15 is 0 Å². The number of hydrogen-bond acceptors (Lipinski definition) is 4. The number of halogens is 1. The van der Waals surface area contributed by atoms with Gasteiger partial charge in [-0.05, 0) is 19.3 Å². The van der Waals surface area contributed by atoms with Gasteiger partial charge in [-0.3, -0.25) is 9.89 Å². The average molecular weight is 398 g/mol. The summed E-state index contributed by atoms with van der Waals surface area (Å²) in [6.45, 7) is 6.33. The van der Waals surface area contributed by atoms with Crippen LogP contribution in [0.2, 0.25) is 0 Å². The SMILES string of the molecule is I.NC(=NCC(O)CN1CCOCC1)N1CCCCC1. The van der Waals surface area contributed by atoms with Crippen molar-refractivity contribution in [1.82, 2.24) is 9.80 Å². The van der Waals surface area contributed by atoms with Gasteiger partial charge in [0, 0.05) is 32.7 Å². The number of aliphatic imine (C=N–C) groups is 1. The van der Waals surface area contributed by atoms with Crippen molar-refractivity contribution in [2.75, 3.05) is 52.5 Å². The first-order valence-corrected chi connectivity index (χ1v) is 7.29. The van der Waals surface area contributed by atoms with E-state index < -0.39 is 6.10 Å². The molecular formula is C13H27IN4O2. The minimum atomic E-state index is -0.443. The average Bonchev–Trinajstić information content (AvgIpc) is 2.47. The molecule has 0 aliphatic carbocycles. The van der Waals surface area contributed by atoms with Crippen LogP contribution in [-0.2, 0) is 4.74 Å². The maximum absolute atomic E-state index is 9.99. The van der Waals surface area contributed by atoms with E-state index in [1.165, 1.54) is 19.3 Å². The zero-order chi connectivity index (χ0) is 13.5. The lowest BCUT2D eigenvalue weighted by Crippen LogP contribution is -2.43. The van der Waals surface area contributed by atoms with Gasteiger partial charge < -0.3 is 20.5 Å². The molecule has 2 aliphatic heterocycles. The number of hydrogen-bond donors (Lipinski definition) is 2. The molecule has 0 saturated carbocycles. The van der Waals surface area contributed by atoms with Gasteiger partial charge in [0.15, 0.2) is 5.96 Å². The van der Waals surface area contributed by atoms with Gasteiger partial charge in [0.05, 0.1) is 25.9 Å². The standard InChI is InChI=1S/C13H26N4O2.HI/c14-13(17-4-2-1-3-5-17)15-10-12(18)11-16-6-8-19-9-7-16;/h12,18H,1-11H2,(H2,14,15);1H. The Morgan fingerprint density at radius 2 is 1.80 bits per heavy atom. The highest BCUT2D eigenvalue weighted by atomic mass is 127. The zero-order valence-electron chi connectivity index (χ0n) is 12.0. The molecule has 0 bridgehead atoms. The van der Waals surface area contributed by atoms with Gasteiger partial charge in [-0.2, -0.15) is 0 Å². The molecule has 0 aromatic heterocycles. The third-order valence-corrected chi connectivity index (χ3v) is 3.72. The van der Waals surface area contributed by atoms with Gasteiger partial charge in [-0.25, -0.2) is 0 Å². The smallest absolute Gasteiger partial charge is 0.191 e. The molecule has 7 heteroatoms. The number of rotatable bonds is 4. The number of morpholine rings is 1. The number of ether oxygens (including phenoxy) is 1. The summed E-state index contributed by atoms with van der Waals surface area (Å²) in [4.78, 5) is 8.65. The molecule has 2 rings (SSSR count). The predicted octanol–water partition coefficient (Wildman–Crippen LogP) is 0.0981. The van der Waals surface area contributed by atoms with E-state index in [1.54, 1.807) is 0 Å². The Balaban J connectivity index is 0.00000200. The number of guanidine groups is 1. The number of aliphatic hydroxyl groups excluding tert-OH is 1. The summed E-state index contributed by atoms with van der Waals surface area (Å²) < 4.78 is 5.28. The highest BCUT2D eigenvalue weighted by Gasteiger charge is 2.16. The number of likely N-dealkylation sites (tertiary alicyclic amines) is 1. The summed E-state index contributed by atoms with van der Waals surface area (Å²) >= 11 is 0. The fourth-order valence-electron chi connectivity index (χ4n) is 2.56. The Hall–Kier alpha value is -0.120. The van der Waals surface area contributed by atoms with Crippen molar-refractivity contribution in [3.63, 3.8) is 0 Å². The molecule has 2 heterocycles. The molecule has 20 heavy (non-hydrogen) atoms. The fourth-order valence-corrected chi connectivity index (χ4v) is 2.56. The van der Waals surface area contributed by atoms with Gasteiger partial charge in [0.25, 0.3) is 0 Å². The summed E-state index contributed by atoms with van der Waals surface area (Å²) in [5, 5.41) is 9.99. The van der Waals surface area contributed by atoms with Crippen LogP contribution < -0.4 is 5.73 Å². The van der Waals surface area contributed by atoms with Crippen LogP contribution in [0.25, 0.3) is 0 Å². The molecule has 0 spiro atoms. The molecule has 0 aromatic rings. The van der Waals surface area contributed by atoms with Crippen molar-refractivity contribution >= 4 is 29.9 Å². The van der Waals surface area contributed by atoms with E-state index in [1.807, 2.05) is 0 Å². The van der Waals surface area contributed by atoms with Crippen LogP contribution in [0.3, 0.4) is 0 Å². The van der Waals surface area contributed by atoms with Crippen LogP contribution in [0.15, 0.2) is 4.99 Å². The molecule has 6 nitrogen and oxygen atoms in total. The van der Waals surface area contributed by atoms with Gasteiger partial charge >= 0.3 is 0 Å². The predicted molar refractivity (Wildman–Crippen MR) is 90.6 cm³/mol. The molecule has 2 aliphatic rings. The van der Waals surface area contributed by atoms with E-state index in [4.69, 9.17) is 10.5 Å². The second-order valence-corrected chi connectivity index (χ2v) is 5.31. The number of aliphatic hydroxyl groups is 1.